The van der Waals surface area contributed by atoms with Crippen LogP contribution in [0.25, 0.3) is 0 Å². The summed E-state index contributed by atoms with van der Waals surface area (Å²) in [4.78, 5) is 2.56. The Balaban J connectivity index is 1.98. The van der Waals surface area contributed by atoms with Gasteiger partial charge in [0.25, 0.3) is 0 Å². The first kappa shape index (κ1) is 13.9. The summed E-state index contributed by atoms with van der Waals surface area (Å²) in [5, 5.41) is 0. The lowest BCUT2D eigenvalue weighted by atomic mass is 9.98. The lowest BCUT2D eigenvalue weighted by Crippen LogP contribution is -2.24. The zero-order chi connectivity index (χ0) is 13.0. The molecule has 0 radical (unpaired) electrons. The van der Waals surface area contributed by atoms with E-state index in [1.165, 1.54) is 48.8 Å². The summed E-state index contributed by atoms with van der Waals surface area (Å²) in [6.07, 6.45) is 5.40. The summed E-state index contributed by atoms with van der Waals surface area (Å²) in [5.41, 5.74) is 8.03. The predicted molar refractivity (Wildman–Crippen MR) is 81.5 cm³/mol. The van der Waals surface area contributed by atoms with Crippen LogP contribution in [0, 0.1) is 5.92 Å². The van der Waals surface area contributed by atoms with E-state index in [0.29, 0.717) is 0 Å². The number of benzene rings is 1. The van der Waals surface area contributed by atoms with Gasteiger partial charge in [-0.25, -0.2) is 0 Å². The van der Waals surface area contributed by atoms with Gasteiger partial charge in [-0.05, 0) is 62.0 Å². The minimum absolute atomic E-state index is 0.856. The van der Waals surface area contributed by atoms with Gasteiger partial charge in [-0.1, -0.05) is 29.3 Å². The molecule has 0 saturated carbocycles. The maximum absolute atomic E-state index is 5.87. The number of nitrogens with zero attached hydrogens (tertiary/aromatic N) is 1. The van der Waals surface area contributed by atoms with Crippen LogP contribution in [0.3, 0.4) is 0 Å². The summed E-state index contributed by atoms with van der Waals surface area (Å²) < 4.78 is 1.17. The molecule has 0 amide bonds. The molecule has 1 unspecified atom stereocenters. The van der Waals surface area contributed by atoms with Crippen molar-refractivity contribution in [1.82, 2.24) is 4.90 Å². The molecule has 18 heavy (non-hydrogen) atoms. The van der Waals surface area contributed by atoms with Crippen molar-refractivity contribution in [1.29, 1.82) is 0 Å². The van der Waals surface area contributed by atoms with Crippen LogP contribution in [0.2, 0.25) is 0 Å². The van der Waals surface area contributed by atoms with Crippen LogP contribution in [-0.2, 0) is 6.54 Å². The number of nitrogen functional groups attached to an aromatic ring is 1. The number of rotatable bonds is 3. The zero-order valence-corrected chi connectivity index (χ0v) is 12.7. The summed E-state index contributed by atoms with van der Waals surface area (Å²) in [6, 6.07) is 6.09. The second kappa shape index (κ2) is 6.58. The Labute approximate surface area is 119 Å². The average molecular weight is 311 g/mol. The first-order valence-electron chi connectivity index (χ1n) is 6.95. The van der Waals surface area contributed by atoms with Gasteiger partial charge in [0.1, 0.15) is 0 Å². The van der Waals surface area contributed by atoms with E-state index in [2.05, 4.69) is 39.9 Å². The van der Waals surface area contributed by atoms with E-state index in [1.54, 1.807) is 0 Å². The van der Waals surface area contributed by atoms with E-state index in [1.807, 2.05) is 6.07 Å². The normalized spacial score (nSPS) is 21.8. The minimum Gasteiger partial charge on any atom is -0.399 e. The first-order chi connectivity index (χ1) is 8.69. The fourth-order valence-corrected chi connectivity index (χ4v) is 3.12. The second-order valence-electron chi connectivity index (χ2n) is 5.33. The van der Waals surface area contributed by atoms with Gasteiger partial charge < -0.3 is 5.73 Å². The zero-order valence-electron chi connectivity index (χ0n) is 11.2. The first-order valence-corrected chi connectivity index (χ1v) is 7.74. The van der Waals surface area contributed by atoms with Crippen molar-refractivity contribution in [2.75, 3.05) is 18.8 Å². The Morgan fingerprint density at radius 3 is 2.94 bits per heavy atom. The number of nitrogens with two attached hydrogens (primary N) is 1. The Bertz CT molecular complexity index is 392. The van der Waals surface area contributed by atoms with E-state index in [4.69, 9.17) is 5.73 Å². The SMILES string of the molecule is CCC1CCCN(Cc2cc(N)ccc2Br)CC1. The van der Waals surface area contributed by atoms with Crippen LogP contribution in [-0.4, -0.2) is 18.0 Å². The van der Waals surface area contributed by atoms with Crippen LogP contribution in [0.1, 0.15) is 38.2 Å². The van der Waals surface area contributed by atoms with Crippen molar-refractivity contribution in [2.45, 2.75) is 39.2 Å². The molecule has 1 aliphatic rings. The van der Waals surface area contributed by atoms with Crippen molar-refractivity contribution in [2.24, 2.45) is 5.92 Å². The van der Waals surface area contributed by atoms with Crippen LogP contribution < -0.4 is 5.73 Å². The van der Waals surface area contributed by atoms with Crippen molar-refractivity contribution in [3.8, 4) is 0 Å². The van der Waals surface area contributed by atoms with Crippen LogP contribution in [0.4, 0.5) is 5.69 Å². The lowest BCUT2D eigenvalue weighted by molar-refractivity contribution is 0.271. The highest BCUT2D eigenvalue weighted by atomic mass is 79.9. The van der Waals surface area contributed by atoms with Gasteiger partial charge in [0.2, 0.25) is 0 Å². The standard InChI is InChI=1S/C15H23BrN2/c1-2-12-4-3-8-18(9-7-12)11-13-10-14(17)5-6-15(13)16/h5-6,10,12H,2-4,7-9,11,17H2,1H3. The molecule has 100 valence electrons. The Hall–Kier alpha value is -0.540. The van der Waals surface area contributed by atoms with Crippen molar-refractivity contribution in [3.05, 3.63) is 28.2 Å². The highest BCUT2D eigenvalue weighted by Gasteiger charge is 2.16. The molecule has 0 bridgehead atoms. The van der Waals surface area contributed by atoms with Gasteiger partial charge in [0.15, 0.2) is 0 Å². The summed E-state index contributed by atoms with van der Waals surface area (Å²) in [6.45, 7) is 5.77. The highest BCUT2D eigenvalue weighted by molar-refractivity contribution is 9.10. The van der Waals surface area contributed by atoms with Crippen LogP contribution in [0.15, 0.2) is 22.7 Å². The molecule has 2 rings (SSSR count). The van der Waals surface area contributed by atoms with Gasteiger partial charge in [-0.15, -0.1) is 0 Å². The third-order valence-electron chi connectivity index (χ3n) is 3.98. The van der Waals surface area contributed by atoms with Gasteiger partial charge in [-0.3, -0.25) is 4.90 Å². The summed E-state index contributed by atoms with van der Waals surface area (Å²) in [5.74, 6) is 0.930. The number of halogens is 1. The molecule has 1 aliphatic heterocycles. The van der Waals surface area contributed by atoms with E-state index in [0.717, 1.165) is 18.2 Å². The fourth-order valence-electron chi connectivity index (χ4n) is 2.75. The number of anilines is 1. The third-order valence-corrected chi connectivity index (χ3v) is 4.75. The molecule has 1 atom stereocenters. The predicted octanol–water partition coefficient (Wildman–Crippen LogP) is 4.04. The molecule has 1 fully saturated rings. The molecule has 2 N–H and O–H groups in total. The van der Waals surface area contributed by atoms with E-state index < -0.39 is 0 Å². The van der Waals surface area contributed by atoms with Gasteiger partial charge in [-0.2, -0.15) is 0 Å². The molecule has 2 nitrogen and oxygen atoms in total. The molecule has 1 aromatic rings. The van der Waals surface area contributed by atoms with Gasteiger partial charge >= 0.3 is 0 Å². The Morgan fingerprint density at radius 1 is 1.33 bits per heavy atom. The molecule has 3 heteroatoms. The molecule has 1 heterocycles. The Kier molecular flexibility index (Phi) is 5.07. The molecule has 1 saturated heterocycles. The van der Waals surface area contributed by atoms with Crippen LogP contribution >= 0.6 is 15.9 Å². The molecular weight excluding hydrogens is 288 g/mol. The maximum Gasteiger partial charge on any atom is 0.0318 e. The quantitative estimate of drug-likeness (QED) is 0.854. The minimum atomic E-state index is 0.856. The third kappa shape index (κ3) is 3.72. The monoisotopic (exact) mass is 310 g/mol. The lowest BCUT2D eigenvalue weighted by Gasteiger charge is -2.21. The van der Waals surface area contributed by atoms with Crippen molar-refractivity contribution < 1.29 is 0 Å². The fraction of sp³-hybridized carbons (Fsp3) is 0.600. The maximum atomic E-state index is 5.87. The second-order valence-corrected chi connectivity index (χ2v) is 6.19. The number of hydrogen-bond donors (Lipinski definition) is 1. The smallest absolute Gasteiger partial charge is 0.0318 e. The molecule has 0 aliphatic carbocycles. The van der Waals surface area contributed by atoms with Gasteiger partial charge in [0, 0.05) is 16.7 Å². The molecular formula is C15H23BrN2. The van der Waals surface area contributed by atoms with Crippen molar-refractivity contribution in [3.63, 3.8) is 0 Å². The van der Waals surface area contributed by atoms with E-state index in [-0.39, 0.29) is 0 Å². The van der Waals surface area contributed by atoms with E-state index in [9.17, 15) is 0 Å². The topological polar surface area (TPSA) is 29.3 Å². The Morgan fingerprint density at radius 2 is 2.17 bits per heavy atom. The molecule has 0 aromatic heterocycles. The molecule has 1 aromatic carbocycles. The number of likely N-dealkylation sites (tertiary alicyclic amines) is 1. The van der Waals surface area contributed by atoms with Gasteiger partial charge in [0.05, 0.1) is 0 Å². The van der Waals surface area contributed by atoms with Crippen molar-refractivity contribution >= 4 is 21.6 Å². The summed E-state index contributed by atoms with van der Waals surface area (Å²) in [7, 11) is 0. The highest BCUT2D eigenvalue weighted by Crippen LogP contribution is 2.24. The largest absolute Gasteiger partial charge is 0.399 e. The number of hydrogen-bond acceptors (Lipinski definition) is 2. The molecule has 0 spiro atoms. The average Bonchev–Trinajstić information content (AvgIpc) is 2.59. The van der Waals surface area contributed by atoms with Crippen LogP contribution in [0.5, 0.6) is 0 Å². The summed E-state index contributed by atoms with van der Waals surface area (Å²) >= 11 is 3.62. The van der Waals surface area contributed by atoms with E-state index >= 15 is 0 Å².